The lowest BCUT2D eigenvalue weighted by molar-refractivity contribution is -0.133. The Labute approximate surface area is 161 Å². The van der Waals surface area contributed by atoms with E-state index >= 15 is 0 Å². The Bertz CT molecular complexity index is 1110. The van der Waals surface area contributed by atoms with Gasteiger partial charge >= 0.3 is 5.69 Å². The summed E-state index contributed by atoms with van der Waals surface area (Å²) >= 11 is 0. The van der Waals surface area contributed by atoms with Crippen LogP contribution in [-0.4, -0.2) is 33.0 Å². The first-order valence-corrected chi connectivity index (χ1v) is 9.57. The molecule has 7 heteroatoms. The number of hydrogen-bond donors (Lipinski definition) is 0. The van der Waals surface area contributed by atoms with E-state index in [1.165, 1.54) is 10.8 Å². The fraction of sp³-hybridized carbons (Fsp3) is 0.381. The van der Waals surface area contributed by atoms with E-state index in [0.717, 1.165) is 17.4 Å². The van der Waals surface area contributed by atoms with Gasteiger partial charge in [-0.3, -0.25) is 18.7 Å². The molecule has 0 N–H and O–H groups in total. The molecule has 1 saturated heterocycles. The molecule has 1 aliphatic rings. The molecule has 0 bridgehead atoms. The van der Waals surface area contributed by atoms with Gasteiger partial charge in [0.1, 0.15) is 12.3 Å². The maximum atomic E-state index is 13.1. The van der Waals surface area contributed by atoms with Crippen LogP contribution in [0.4, 0.5) is 0 Å². The van der Waals surface area contributed by atoms with Crippen LogP contribution in [0.3, 0.4) is 0 Å². The Morgan fingerprint density at radius 3 is 2.71 bits per heavy atom. The molecule has 1 amide bonds. The van der Waals surface area contributed by atoms with Gasteiger partial charge in [-0.1, -0.05) is 19.1 Å². The molecule has 1 aromatic carbocycles. The van der Waals surface area contributed by atoms with Crippen molar-refractivity contribution in [2.24, 2.45) is 5.92 Å². The van der Waals surface area contributed by atoms with Crippen molar-refractivity contribution in [3.8, 4) is 0 Å². The molecule has 0 saturated carbocycles. The third-order valence-electron chi connectivity index (χ3n) is 5.33. The molecular formula is C21H23N3O4. The van der Waals surface area contributed by atoms with E-state index in [-0.39, 0.29) is 24.6 Å². The van der Waals surface area contributed by atoms with Crippen molar-refractivity contribution in [1.29, 1.82) is 0 Å². The number of likely N-dealkylation sites (tertiary alicyclic amines) is 1. The summed E-state index contributed by atoms with van der Waals surface area (Å²) in [4.78, 5) is 40.7. The lowest BCUT2D eigenvalue weighted by Gasteiger charge is -2.31. The van der Waals surface area contributed by atoms with Gasteiger partial charge < -0.3 is 9.32 Å². The molecule has 146 valence electrons. The number of nitrogens with zero attached hydrogens (tertiary/aromatic N) is 3. The average Bonchev–Trinajstić information content (AvgIpc) is 3.21. The molecule has 28 heavy (non-hydrogen) atoms. The van der Waals surface area contributed by atoms with Gasteiger partial charge in [0.2, 0.25) is 5.91 Å². The molecule has 0 unspecified atom stereocenters. The minimum atomic E-state index is -0.501. The highest BCUT2D eigenvalue weighted by Gasteiger charge is 2.23. The van der Waals surface area contributed by atoms with Crippen LogP contribution in [-0.2, 0) is 17.9 Å². The molecule has 2 aromatic heterocycles. The van der Waals surface area contributed by atoms with Crippen molar-refractivity contribution in [3.63, 3.8) is 0 Å². The predicted molar refractivity (Wildman–Crippen MR) is 105 cm³/mol. The number of aromatic nitrogens is 2. The maximum absolute atomic E-state index is 13.1. The zero-order chi connectivity index (χ0) is 19.7. The number of fused-ring (bicyclic) bond motifs is 1. The molecular weight excluding hydrogens is 358 g/mol. The number of benzene rings is 1. The summed E-state index contributed by atoms with van der Waals surface area (Å²) in [5.74, 6) is 0.873. The number of para-hydroxylation sites is 1. The Balaban J connectivity index is 1.77. The van der Waals surface area contributed by atoms with Crippen LogP contribution in [0.15, 0.2) is 56.7 Å². The van der Waals surface area contributed by atoms with Gasteiger partial charge in [-0.05, 0) is 43.0 Å². The number of rotatable bonds is 4. The standard InChI is InChI=1S/C21H23N3O4/c1-15-6-4-10-22(12-15)19(25)14-23-18-9-3-2-8-17(18)20(26)24(21(23)27)13-16-7-5-11-28-16/h2-3,5,7-9,11,15H,4,6,10,12-14H2,1H3/t15-/m1/s1. The SMILES string of the molecule is C[C@@H]1CCCN(C(=O)Cn2c(=O)n(Cc3ccco3)c(=O)c3ccccc32)C1. The zero-order valence-electron chi connectivity index (χ0n) is 15.8. The fourth-order valence-electron chi connectivity index (χ4n) is 3.87. The van der Waals surface area contributed by atoms with Crippen LogP contribution in [0.5, 0.6) is 0 Å². The van der Waals surface area contributed by atoms with E-state index in [0.29, 0.717) is 35.7 Å². The molecule has 0 aliphatic carbocycles. The first-order chi connectivity index (χ1) is 13.5. The highest BCUT2D eigenvalue weighted by Crippen LogP contribution is 2.16. The third kappa shape index (κ3) is 3.40. The molecule has 3 aromatic rings. The summed E-state index contributed by atoms with van der Waals surface area (Å²) in [7, 11) is 0. The number of amides is 1. The summed E-state index contributed by atoms with van der Waals surface area (Å²) in [6.45, 7) is 3.50. The van der Waals surface area contributed by atoms with Gasteiger partial charge in [-0.15, -0.1) is 0 Å². The van der Waals surface area contributed by atoms with Crippen molar-refractivity contribution < 1.29 is 9.21 Å². The summed E-state index contributed by atoms with van der Waals surface area (Å²) in [6, 6.07) is 10.3. The topological polar surface area (TPSA) is 77.5 Å². The van der Waals surface area contributed by atoms with Crippen molar-refractivity contribution >= 4 is 16.8 Å². The number of furan rings is 1. The Morgan fingerprint density at radius 2 is 1.96 bits per heavy atom. The molecule has 0 radical (unpaired) electrons. The van der Waals surface area contributed by atoms with Gasteiger partial charge in [-0.2, -0.15) is 0 Å². The minimum absolute atomic E-state index is 0.0322. The molecule has 7 nitrogen and oxygen atoms in total. The maximum Gasteiger partial charge on any atom is 0.332 e. The van der Waals surface area contributed by atoms with E-state index < -0.39 is 5.69 Å². The second kappa shape index (κ2) is 7.50. The van der Waals surface area contributed by atoms with E-state index in [1.54, 1.807) is 36.4 Å². The zero-order valence-corrected chi connectivity index (χ0v) is 15.8. The number of piperidine rings is 1. The smallest absolute Gasteiger partial charge is 0.332 e. The van der Waals surface area contributed by atoms with Gasteiger partial charge in [0.25, 0.3) is 5.56 Å². The predicted octanol–water partition coefficient (Wildman–Crippen LogP) is 2.06. The van der Waals surface area contributed by atoms with E-state index in [2.05, 4.69) is 6.92 Å². The van der Waals surface area contributed by atoms with Crippen LogP contribution >= 0.6 is 0 Å². The molecule has 1 aliphatic heterocycles. The number of carbonyl (C=O) groups is 1. The van der Waals surface area contributed by atoms with Gasteiger partial charge in [0, 0.05) is 13.1 Å². The number of hydrogen-bond acceptors (Lipinski definition) is 4. The van der Waals surface area contributed by atoms with Crippen LogP contribution in [0.25, 0.3) is 10.9 Å². The monoisotopic (exact) mass is 381 g/mol. The summed E-state index contributed by atoms with van der Waals surface area (Å²) in [6.07, 6.45) is 3.59. The number of carbonyl (C=O) groups excluding carboxylic acids is 1. The van der Waals surface area contributed by atoms with Crippen LogP contribution in [0.1, 0.15) is 25.5 Å². The van der Waals surface area contributed by atoms with Gasteiger partial charge in [-0.25, -0.2) is 4.79 Å². The largest absolute Gasteiger partial charge is 0.467 e. The third-order valence-corrected chi connectivity index (χ3v) is 5.33. The van der Waals surface area contributed by atoms with E-state index in [1.807, 2.05) is 4.90 Å². The molecule has 3 heterocycles. The quantitative estimate of drug-likeness (QED) is 0.693. The summed E-state index contributed by atoms with van der Waals surface area (Å²) in [5, 5.41) is 0.411. The van der Waals surface area contributed by atoms with Crippen molar-refractivity contribution in [1.82, 2.24) is 14.0 Å². The van der Waals surface area contributed by atoms with Crippen molar-refractivity contribution in [2.45, 2.75) is 32.9 Å². The summed E-state index contributed by atoms with van der Waals surface area (Å²) in [5.41, 5.74) is -0.405. The molecule has 0 spiro atoms. The second-order valence-electron chi connectivity index (χ2n) is 7.44. The Kier molecular flexibility index (Phi) is 4.90. The Morgan fingerprint density at radius 1 is 1.14 bits per heavy atom. The highest BCUT2D eigenvalue weighted by atomic mass is 16.3. The van der Waals surface area contributed by atoms with E-state index in [9.17, 15) is 14.4 Å². The molecule has 1 fully saturated rings. The average molecular weight is 381 g/mol. The van der Waals surface area contributed by atoms with E-state index in [4.69, 9.17) is 4.42 Å². The van der Waals surface area contributed by atoms with Crippen LogP contribution in [0.2, 0.25) is 0 Å². The van der Waals surface area contributed by atoms with Crippen molar-refractivity contribution in [3.05, 3.63) is 69.3 Å². The summed E-state index contributed by atoms with van der Waals surface area (Å²) < 4.78 is 7.84. The van der Waals surface area contributed by atoms with Crippen LogP contribution in [0, 0.1) is 5.92 Å². The highest BCUT2D eigenvalue weighted by molar-refractivity contribution is 5.81. The molecule has 1 atom stereocenters. The second-order valence-corrected chi connectivity index (χ2v) is 7.44. The minimum Gasteiger partial charge on any atom is -0.467 e. The normalized spacial score (nSPS) is 17.2. The van der Waals surface area contributed by atoms with Gasteiger partial charge in [0.15, 0.2) is 0 Å². The molecule has 4 rings (SSSR count). The lowest BCUT2D eigenvalue weighted by Crippen LogP contribution is -2.45. The van der Waals surface area contributed by atoms with Crippen molar-refractivity contribution in [2.75, 3.05) is 13.1 Å². The lowest BCUT2D eigenvalue weighted by atomic mass is 10.0. The first kappa shape index (κ1) is 18.3. The Hall–Kier alpha value is -3.09. The van der Waals surface area contributed by atoms with Crippen LogP contribution < -0.4 is 11.2 Å². The fourth-order valence-corrected chi connectivity index (χ4v) is 3.87. The van der Waals surface area contributed by atoms with Gasteiger partial charge in [0.05, 0.1) is 23.7 Å². The first-order valence-electron chi connectivity index (χ1n) is 9.57.